The van der Waals surface area contributed by atoms with Crippen LogP contribution in [0.2, 0.25) is 0 Å². The van der Waals surface area contributed by atoms with Crippen LogP contribution in [0.1, 0.15) is 44.7 Å². The molecular formula is C15H24N2O2S2. The van der Waals surface area contributed by atoms with Crippen LogP contribution in [-0.4, -0.2) is 19.4 Å². The number of hydrogen-bond acceptors (Lipinski definition) is 3. The van der Waals surface area contributed by atoms with E-state index in [-0.39, 0.29) is 11.8 Å². The van der Waals surface area contributed by atoms with Crippen LogP contribution >= 0.6 is 12.2 Å². The number of sulfonamides is 1. The molecule has 0 aromatic heterocycles. The van der Waals surface area contributed by atoms with Crippen molar-refractivity contribution in [3.8, 4) is 0 Å². The van der Waals surface area contributed by atoms with Crippen molar-refractivity contribution in [2.24, 2.45) is 11.7 Å². The molecule has 1 atom stereocenters. The zero-order chi connectivity index (χ0) is 16.0. The van der Waals surface area contributed by atoms with Crippen molar-refractivity contribution >= 4 is 27.2 Å². The summed E-state index contributed by atoms with van der Waals surface area (Å²) in [5.74, 6) is 0.325. The molecule has 1 rings (SSSR count). The molecule has 0 bridgehead atoms. The molecule has 0 fully saturated rings. The van der Waals surface area contributed by atoms with Crippen molar-refractivity contribution in [2.45, 2.75) is 45.4 Å². The third kappa shape index (κ3) is 5.73. The van der Waals surface area contributed by atoms with Crippen molar-refractivity contribution in [1.82, 2.24) is 4.72 Å². The van der Waals surface area contributed by atoms with Crippen LogP contribution in [0.3, 0.4) is 0 Å². The van der Waals surface area contributed by atoms with Gasteiger partial charge in [-0.25, -0.2) is 13.1 Å². The minimum absolute atomic E-state index is 0.0326. The average molecular weight is 329 g/mol. The molecule has 0 heterocycles. The molecule has 6 heteroatoms. The Bertz CT molecular complexity index is 564. The number of benzene rings is 1. The standard InChI is InChI=1S/C15H24N2O2S2/c1-4-13(5-2)11(3)17-21(18,19)10-12-6-8-14(9-7-12)15(16)20/h6-9,11,13,17H,4-5,10H2,1-3H3,(H2,16,20). The van der Waals surface area contributed by atoms with E-state index >= 15 is 0 Å². The van der Waals surface area contributed by atoms with Crippen LogP contribution in [0.15, 0.2) is 24.3 Å². The Labute approximate surface area is 133 Å². The lowest BCUT2D eigenvalue weighted by Crippen LogP contribution is -2.38. The second-order valence-electron chi connectivity index (χ2n) is 5.30. The number of rotatable bonds is 8. The summed E-state index contributed by atoms with van der Waals surface area (Å²) in [5, 5.41) is 0. The molecule has 118 valence electrons. The van der Waals surface area contributed by atoms with Crippen molar-refractivity contribution in [1.29, 1.82) is 0 Å². The summed E-state index contributed by atoms with van der Waals surface area (Å²) < 4.78 is 27.2. The van der Waals surface area contributed by atoms with Crippen molar-refractivity contribution in [2.75, 3.05) is 0 Å². The fourth-order valence-electron chi connectivity index (χ4n) is 2.40. The van der Waals surface area contributed by atoms with Crippen molar-refractivity contribution < 1.29 is 8.42 Å². The van der Waals surface area contributed by atoms with Crippen LogP contribution in [0, 0.1) is 5.92 Å². The smallest absolute Gasteiger partial charge is 0.216 e. The average Bonchev–Trinajstić information content (AvgIpc) is 2.39. The van der Waals surface area contributed by atoms with Gasteiger partial charge in [0.2, 0.25) is 10.0 Å². The van der Waals surface area contributed by atoms with Gasteiger partial charge in [-0.05, 0) is 18.4 Å². The summed E-state index contributed by atoms with van der Waals surface area (Å²) in [6, 6.07) is 6.93. The maximum absolute atomic E-state index is 12.2. The van der Waals surface area contributed by atoms with Crippen LogP contribution in [0.4, 0.5) is 0 Å². The molecule has 0 amide bonds. The lowest BCUT2D eigenvalue weighted by Gasteiger charge is -2.22. The zero-order valence-electron chi connectivity index (χ0n) is 12.8. The summed E-state index contributed by atoms with van der Waals surface area (Å²) in [6.45, 7) is 6.08. The quantitative estimate of drug-likeness (QED) is 0.719. The monoisotopic (exact) mass is 328 g/mol. The van der Waals surface area contributed by atoms with Crippen molar-refractivity contribution in [3.05, 3.63) is 35.4 Å². The highest BCUT2D eigenvalue weighted by Gasteiger charge is 2.20. The Morgan fingerprint density at radius 3 is 2.19 bits per heavy atom. The number of thiocarbonyl (C=S) groups is 1. The van der Waals surface area contributed by atoms with Crippen LogP contribution in [0.25, 0.3) is 0 Å². The fraction of sp³-hybridized carbons (Fsp3) is 0.533. The number of nitrogens with one attached hydrogen (secondary N) is 1. The summed E-state index contributed by atoms with van der Waals surface area (Å²) in [5.41, 5.74) is 6.98. The summed E-state index contributed by atoms with van der Waals surface area (Å²) >= 11 is 4.87. The van der Waals surface area contributed by atoms with E-state index in [0.29, 0.717) is 10.9 Å². The van der Waals surface area contributed by atoms with E-state index in [1.165, 1.54) is 0 Å². The second-order valence-corrected chi connectivity index (χ2v) is 7.50. The lowest BCUT2D eigenvalue weighted by molar-refractivity contribution is 0.390. The Hall–Kier alpha value is -0.980. The van der Waals surface area contributed by atoms with Gasteiger partial charge in [0.1, 0.15) is 4.99 Å². The van der Waals surface area contributed by atoms with Gasteiger partial charge in [-0.3, -0.25) is 0 Å². The minimum atomic E-state index is -3.35. The fourth-order valence-corrected chi connectivity index (χ4v) is 4.01. The van der Waals surface area contributed by atoms with E-state index in [2.05, 4.69) is 18.6 Å². The van der Waals surface area contributed by atoms with Gasteiger partial charge in [-0.1, -0.05) is 63.2 Å². The van der Waals surface area contributed by atoms with Crippen molar-refractivity contribution in [3.63, 3.8) is 0 Å². The highest BCUT2D eigenvalue weighted by Crippen LogP contribution is 2.15. The molecule has 0 radical (unpaired) electrons. The Kier molecular flexibility index (Phi) is 6.77. The maximum Gasteiger partial charge on any atom is 0.216 e. The molecule has 3 N–H and O–H groups in total. The molecule has 1 aromatic carbocycles. The van der Waals surface area contributed by atoms with Gasteiger partial charge < -0.3 is 5.73 Å². The Morgan fingerprint density at radius 1 is 1.24 bits per heavy atom. The largest absolute Gasteiger partial charge is 0.389 e. The third-order valence-corrected chi connectivity index (χ3v) is 5.40. The maximum atomic E-state index is 12.2. The summed E-state index contributed by atoms with van der Waals surface area (Å²) in [7, 11) is -3.35. The molecule has 21 heavy (non-hydrogen) atoms. The first kappa shape index (κ1) is 18.1. The first-order valence-corrected chi connectivity index (χ1v) is 9.23. The third-order valence-electron chi connectivity index (χ3n) is 3.72. The number of hydrogen-bond donors (Lipinski definition) is 2. The molecule has 0 aliphatic rings. The zero-order valence-corrected chi connectivity index (χ0v) is 14.4. The molecule has 0 saturated heterocycles. The summed E-state index contributed by atoms with van der Waals surface area (Å²) in [4.78, 5) is 0.310. The molecule has 1 aromatic rings. The molecule has 0 saturated carbocycles. The lowest BCUT2D eigenvalue weighted by atomic mass is 9.96. The predicted octanol–water partition coefficient (Wildman–Crippen LogP) is 2.56. The van der Waals surface area contributed by atoms with E-state index in [0.717, 1.165) is 24.0 Å². The van der Waals surface area contributed by atoms with Gasteiger partial charge in [0.15, 0.2) is 0 Å². The van der Waals surface area contributed by atoms with Gasteiger partial charge >= 0.3 is 0 Å². The van der Waals surface area contributed by atoms with Crippen LogP contribution < -0.4 is 10.5 Å². The van der Waals surface area contributed by atoms with Crippen LogP contribution in [0.5, 0.6) is 0 Å². The van der Waals surface area contributed by atoms with E-state index in [1.54, 1.807) is 24.3 Å². The second kappa shape index (κ2) is 7.87. The topological polar surface area (TPSA) is 72.2 Å². The minimum Gasteiger partial charge on any atom is -0.389 e. The molecule has 4 nitrogen and oxygen atoms in total. The highest BCUT2D eigenvalue weighted by atomic mass is 32.2. The first-order chi connectivity index (χ1) is 9.79. The highest BCUT2D eigenvalue weighted by molar-refractivity contribution is 7.88. The Morgan fingerprint density at radius 2 is 1.76 bits per heavy atom. The van der Waals surface area contributed by atoms with Gasteiger partial charge in [-0.2, -0.15) is 0 Å². The van der Waals surface area contributed by atoms with Gasteiger partial charge in [0, 0.05) is 11.6 Å². The first-order valence-electron chi connectivity index (χ1n) is 7.17. The molecule has 0 spiro atoms. The van der Waals surface area contributed by atoms with E-state index in [1.807, 2.05) is 6.92 Å². The van der Waals surface area contributed by atoms with Gasteiger partial charge in [0.05, 0.1) is 5.75 Å². The Balaban J connectivity index is 2.74. The number of nitrogens with two attached hydrogens (primary N) is 1. The van der Waals surface area contributed by atoms with Gasteiger partial charge in [0.25, 0.3) is 0 Å². The molecule has 1 unspecified atom stereocenters. The van der Waals surface area contributed by atoms with E-state index in [9.17, 15) is 8.42 Å². The van der Waals surface area contributed by atoms with Gasteiger partial charge in [-0.15, -0.1) is 0 Å². The van der Waals surface area contributed by atoms with E-state index in [4.69, 9.17) is 18.0 Å². The normalized spacial score (nSPS) is 13.3. The molecule has 0 aliphatic heterocycles. The van der Waals surface area contributed by atoms with Crippen LogP contribution in [-0.2, 0) is 15.8 Å². The summed E-state index contributed by atoms with van der Waals surface area (Å²) in [6.07, 6.45) is 1.92. The predicted molar refractivity (Wildman–Crippen MR) is 91.6 cm³/mol. The molecular weight excluding hydrogens is 304 g/mol. The van der Waals surface area contributed by atoms with E-state index < -0.39 is 10.0 Å². The molecule has 0 aliphatic carbocycles. The SMILES string of the molecule is CCC(CC)C(C)NS(=O)(=O)Cc1ccc(C(N)=S)cc1.